The number of amides is 1. The van der Waals surface area contributed by atoms with Crippen LogP contribution in [0, 0.1) is 17.3 Å². The van der Waals surface area contributed by atoms with E-state index in [2.05, 4.69) is 61.4 Å². The summed E-state index contributed by atoms with van der Waals surface area (Å²) in [5.74, 6) is 0.993. The van der Waals surface area contributed by atoms with Gasteiger partial charge in [-0.25, -0.2) is 4.68 Å². The fourth-order valence-electron chi connectivity index (χ4n) is 5.87. The third kappa shape index (κ3) is 4.31. The van der Waals surface area contributed by atoms with Gasteiger partial charge in [0.25, 0.3) is 0 Å². The largest absolute Gasteiger partial charge is 0.349 e. The fraction of sp³-hybridized carbons (Fsp3) is 0.414. The number of hydrogen-bond acceptors (Lipinski definition) is 3. The highest BCUT2D eigenvalue weighted by atomic mass is 16.1. The molecular formula is C29H34N4O. The first kappa shape index (κ1) is 22.6. The van der Waals surface area contributed by atoms with Gasteiger partial charge in [-0.2, -0.15) is 5.10 Å². The molecule has 0 aliphatic heterocycles. The lowest BCUT2D eigenvalue weighted by Crippen LogP contribution is -2.35. The zero-order valence-electron chi connectivity index (χ0n) is 20.4. The Morgan fingerprint density at radius 1 is 1.18 bits per heavy atom. The number of hydrogen-bond donors (Lipinski definition) is 1. The van der Waals surface area contributed by atoms with Crippen LogP contribution in [0.25, 0.3) is 11.8 Å². The number of carbonyl (C=O) groups excluding carboxylic acids is 1. The highest BCUT2D eigenvalue weighted by Crippen LogP contribution is 2.55. The first-order valence-corrected chi connectivity index (χ1v) is 12.5. The van der Waals surface area contributed by atoms with E-state index in [9.17, 15) is 4.79 Å². The molecule has 5 nitrogen and oxygen atoms in total. The van der Waals surface area contributed by atoms with Gasteiger partial charge in [0.1, 0.15) is 0 Å². The molecule has 0 radical (unpaired) electrons. The molecule has 0 spiro atoms. The van der Waals surface area contributed by atoms with Crippen LogP contribution < -0.4 is 5.32 Å². The van der Waals surface area contributed by atoms with Crippen molar-refractivity contribution in [3.05, 3.63) is 83.4 Å². The SMILES string of the molecule is CC(C)CC(=O)NC(C[C@H]1CCC2=Cc3c(cnn3-c3cccnc3)CC21C)c1ccccc1. The molecule has 3 atom stereocenters. The van der Waals surface area contributed by atoms with Crippen molar-refractivity contribution < 1.29 is 4.79 Å². The molecule has 2 heterocycles. The van der Waals surface area contributed by atoms with E-state index in [1.807, 2.05) is 35.3 Å². The molecule has 34 heavy (non-hydrogen) atoms. The summed E-state index contributed by atoms with van der Waals surface area (Å²) in [6, 6.07) is 14.5. The van der Waals surface area contributed by atoms with Crippen molar-refractivity contribution >= 4 is 12.0 Å². The second-order valence-electron chi connectivity index (χ2n) is 10.5. The number of fused-ring (bicyclic) bond motifs is 2. The van der Waals surface area contributed by atoms with Crippen molar-refractivity contribution in [1.29, 1.82) is 0 Å². The number of allylic oxidation sites excluding steroid dienone is 1. The van der Waals surface area contributed by atoms with E-state index >= 15 is 0 Å². The van der Waals surface area contributed by atoms with E-state index in [4.69, 9.17) is 5.10 Å². The molecule has 3 aromatic rings. The quantitative estimate of drug-likeness (QED) is 0.482. The van der Waals surface area contributed by atoms with Gasteiger partial charge < -0.3 is 5.32 Å². The van der Waals surface area contributed by atoms with Gasteiger partial charge in [0.05, 0.1) is 29.8 Å². The molecule has 2 aliphatic carbocycles. The Morgan fingerprint density at radius 2 is 2.00 bits per heavy atom. The van der Waals surface area contributed by atoms with Crippen molar-refractivity contribution in [2.24, 2.45) is 17.3 Å². The van der Waals surface area contributed by atoms with Crippen molar-refractivity contribution in [2.45, 2.75) is 58.9 Å². The van der Waals surface area contributed by atoms with Gasteiger partial charge in [-0.3, -0.25) is 9.78 Å². The maximum atomic E-state index is 12.7. The average molecular weight is 455 g/mol. The van der Waals surface area contributed by atoms with Gasteiger partial charge in [0.15, 0.2) is 0 Å². The standard InChI is InChI=1S/C29H34N4O/c1-20(2)14-28(34)32-26(21-8-5-4-6-9-21)15-23-11-12-24-16-27-22(17-29(23,24)3)18-31-33(27)25-10-7-13-30-19-25/h4-10,13,16,18-20,23,26H,11-12,14-15,17H2,1-3H3,(H,32,34)/t23-,26?,29?/m1/s1. The summed E-state index contributed by atoms with van der Waals surface area (Å²) >= 11 is 0. The van der Waals surface area contributed by atoms with Crippen LogP contribution in [-0.2, 0) is 11.2 Å². The van der Waals surface area contributed by atoms with Gasteiger partial charge in [-0.15, -0.1) is 0 Å². The second-order valence-corrected chi connectivity index (χ2v) is 10.5. The van der Waals surface area contributed by atoms with Gasteiger partial charge in [0.2, 0.25) is 5.91 Å². The molecule has 2 aromatic heterocycles. The number of benzene rings is 1. The van der Waals surface area contributed by atoms with Crippen LogP contribution >= 0.6 is 0 Å². The highest BCUT2D eigenvalue weighted by molar-refractivity contribution is 5.76. The van der Waals surface area contributed by atoms with E-state index in [1.54, 1.807) is 6.20 Å². The van der Waals surface area contributed by atoms with Gasteiger partial charge in [-0.05, 0) is 72.3 Å². The summed E-state index contributed by atoms with van der Waals surface area (Å²) in [7, 11) is 0. The van der Waals surface area contributed by atoms with Crippen LogP contribution in [0.5, 0.6) is 0 Å². The summed E-state index contributed by atoms with van der Waals surface area (Å²) in [6.07, 6.45) is 12.8. The zero-order chi connectivity index (χ0) is 23.7. The zero-order valence-corrected chi connectivity index (χ0v) is 20.4. The van der Waals surface area contributed by atoms with Crippen LogP contribution in [0.4, 0.5) is 0 Å². The molecule has 1 saturated carbocycles. The molecule has 1 N–H and O–H groups in total. The summed E-state index contributed by atoms with van der Waals surface area (Å²) in [4.78, 5) is 17.0. The van der Waals surface area contributed by atoms with Crippen molar-refractivity contribution in [2.75, 3.05) is 0 Å². The molecule has 1 aromatic carbocycles. The number of aromatic nitrogens is 3. The first-order chi connectivity index (χ1) is 16.4. The first-order valence-electron chi connectivity index (χ1n) is 12.5. The Kier molecular flexibility index (Phi) is 6.11. The van der Waals surface area contributed by atoms with E-state index in [1.165, 1.54) is 22.4 Å². The Labute approximate surface area is 202 Å². The Morgan fingerprint density at radius 3 is 2.74 bits per heavy atom. The van der Waals surface area contributed by atoms with Crippen molar-refractivity contribution in [3.8, 4) is 5.69 Å². The summed E-state index contributed by atoms with van der Waals surface area (Å²) in [6.45, 7) is 6.60. The van der Waals surface area contributed by atoms with Crippen molar-refractivity contribution in [3.63, 3.8) is 0 Å². The van der Waals surface area contributed by atoms with E-state index in [0.717, 1.165) is 31.4 Å². The van der Waals surface area contributed by atoms with Crippen LogP contribution in [0.15, 0.2) is 66.6 Å². The Balaban J connectivity index is 1.40. The maximum absolute atomic E-state index is 12.7. The van der Waals surface area contributed by atoms with Gasteiger partial charge >= 0.3 is 0 Å². The minimum atomic E-state index is 0.0353. The lowest BCUT2D eigenvalue weighted by atomic mass is 9.68. The van der Waals surface area contributed by atoms with Gasteiger partial charge in [-0.1, -0.05) is 56.7 Å². The minimum absolute atomic E-state index is 0.0353. The minimum Gasteiger partial charge on any atom is -0.349 e. The molecule has 0 bridgehead atoms. The topological polar surface area (TPSA) is 59.8 Å². The third-order valence-electron chi connectivity index (χ3n) is 7.69. The Hall–Kier alpha value is -3.21. The number of pyridine rings is 1. The summed E-state index contributed by atoms with van der Waals surface area (Å²) in [5.41, 5.74) is 6.27. The Bertz CT molecular complexity index is 1180. The molecular weight excluding hydrogens is 420 g/mol. The van der Waals surface area contributed by atoms with E-state index in [0.29, 0.717) is 18.3 Å². The van der Waals surface area contributed by atoms with Crippen molar-refractivity contribution in [1.82, 2.24) is 20.1 Å². The molecule has 1 fully saturated rings. The molecule has 5 heteroatoms. The normalized spacial score (nSPS) is 22.1. The maximum Gasteiger partial charge on any atom is 0.220 e. The molecule has 2 aliphatic rings. The molecule has 1 amide bonds. The predicted octanol–water partition coefficient (Wildman–Crippen LogP) is 5.92. The number of nitrogens with zero attached hydrogens (tertiary/aromatic N) is 3. The second kappa shape index (κ2) is 9.21. The van der Waals surface area contributed by atoms with Crippen LogP contribution in [0.2, 0.25) is 0 Å². The van der Waals surface area contributed by atoms with E-state index in [-0.39, 0.29) is 17.4 Å². The highest BCUT2D eigenvalue weighted by Gasteiger charge is 2.46. The number of carbonyl (C=O) groups is 1. The summed E-state index contributed by atoms with van der Waals surface area (Å²) < 4.78 is 2.02. The van der Waals surface area contributed by atoms with E-state index < -0.39 is 0 Å². The molecule has 5 rings (SSSR count). The van der Waals surface area contributed by atoms with Crippen LogP contribution in [0.1, 0.15) is 69.3 Å². The van der Waals surface area contributed by atoms with Gasteiger partial charge in [0, 0.05) is 12.6 Å². The average Bonchev–Trinajstić information content (AvgIpc) is 3.37. The molecule has 0 saturated heterocycles. The number of rotatable bonds is 7. The fourth-order valence-corrected chi connectivity index (χ4v) is 5.87. The monoisotopic (exact) mass is 454 g/mol. The van der Waals surface area contributed by atoms with Crippen LogP contribution in [0.3, 0.4) is 0 Å². The molecule has 176 valence electrons. The smallest absolute Gasteiger partial charge is 0.220 e. The molecule has 2 unspecified atom stereocenters. The lowest BCUT2D eigenvalue weighted by molar-refractivity contribution is -0.122. The summed E-state index contributed by atoms with van der Waals surface area (Å²) in [5, 5.41) is 8.07. The number of nitrogens with one attached hydrogen (secondary N) is 1. The lowest BCUT2D eigenvalue weighted by Gasteiger charge is -2.37. The van der Waals surface area contributed by atoms with Crippen LogP contribution in [-0.4, -0.2) is 20.7 Å². The third-order valence-corrected chi connectivity index (χ3v) is 7.69. The predicted molar refractivity (Wildman–Crippen MR) is 135 cm³/mol.